The molecule has 0 radical (unpaired) electrons. The molecule has 4 rings (SSSR count). The van der Waals surface area contributed by atoms with Gasteiger partial charge in [0.05, 0.1) is 44.0 Å². The lowest BCUT2D eigenvalue weighted by atomic mass is 9.84. The van der Waals surface area contributed by atoms with Crippen molar-refractivity contribution in [1.82, 2.24) is 5.32 Å². The summed E-state index contributed by atoms with van der Waals surface area (Å²) < 4.78 is 98.2. The number of alkyl halides is 6. The molecule has 0 spiro atoms. The van der Waals surface area contributed by atoms with Gasteiger partial charge in [0.2, 0.25) is 5.75 Å². The van der Waals surface area contributed by atoms with Gasteiger partial charge in [-0.3, -0.25) is 0 Å². The van der Waals surface area contributed by atoms with E-state index in [0.717, 1.165) is 5.30 Å². The molecule has 3 atom stereocenters. The summed E-state index contributed by atoms with van der Waals surface area (Å²) in [4.78, 5) is 0. The molecule has 0 aliphatic rings. The van der Waals surface area contributed by atoms with Crippen LogP contribution in [0.3, 0.4) is 0 Å². The fourth-order valence-corrected chi connectivity index (χ4v) is 6.30. The van der Waals surface area contributed by atoms with Gasteiger partial charge in [0.15, 0.2) is 16.6 Å². The van der Waals surface area contributed by atoms with E-state index in [1.165, 1.54) is 21.3 Å². The lowest BCUT2D eigenvalue weighted by Crippen LogP contribution is -2.46. The summed E-state index contributed by atoms with van der Waals surface area (Å²) in [5.41, 5.74) is -2.11. The Morgan fingerprint density at radius 2 is 1.30 bits per heavy atom. The van der Waals surface area contributed by atoms with Crippen LogP contribution in [0.1, 0.15) is 28.2 Å². The molecule has 4 aromatic carbocycles. The Balaban J connectivity index is 1.84. The van der Waals surface area contributed by atoms with Gasteiger partial charge in [-0.25, -0.2) is 0 Å². The van der Waals surface area contributed by atoms with Gasteiger partial charge >= 0.3 is 12.4 Å². The van der Waals surface area contributed by atoms with Gasteiger partial charge in [0.1, 0.15) is 0 Å². The molecule has 0 aromatic heterocycles. The highest BCUT2D eigenvalue weighted by Crippen LogP contribution is 2.46. The predicted molar refractivity (Wildman–Crippen MR) is 176 cm³/mol. The zero-order valence-electron chi connectivity index (χ0n) is 25.2. The largest absolute Gasteiger partial charge is 0.493 e. The van der Waals surface area contributed by atoms with Crippen LogP contribution >= 0.6 is 20.8 Å². The van der Waals surface area contributed by atoms with Gasteiger partial charge in [-0.15, -0.1) is 0 Å². The second kappa shape index (κ2) is 15.0. The Labute approximate surface area is 274 Å². The minimum absolute atomic E-state index is 0.0376. The molecule has 0 heterocycles. The third-order valence-electron chi connectivity index (χ3n) is 7.06. The van der Waals surface area contributed by atoms with E-state index in [-0.39, 0.29) is 31.0 Å². The van der Waals surface area contributed by atoms with Crippen LogP contribution in [0.15, 0.2) is 91.0 Å². The predicted octanol–water partition coefficient (Wildman–Crippen LogP) is 8.22. The van der Waals surface area contributed by atoms with Crippen LogP contribution in [0.5, 0.6) is 17.2 Å². The number of benzene rings is 4. The standard InChI is InChI=1S/C33H30F6N3O3PS/c1-43-25-15-14-24(28(44-2)29(25)45-3)26(19-10-6-4-7-11-19)27(30(40)46-23-12-8-5-9-13-23)42-31(47)41-22-17-20(32(34,35)36)16-21(18-22)33(37,38)39/h4-18,26-27,40,46H,1-3H3,(H2,41,42,47)/t26-,27?/m1/s1. The second-order valence-corrected chi connectivity index (χ2v) is 11.9. The Morgan fingerprint density at radius 3 is 1.81 bits per heavy atom. The topological polar surface area (TPSA) is 75.6 Å². The lowest BCUT2D eigenvalue weighted by molar-refractivity contribution is -0.143. The molecule has 4 aromatic rings. The van der Waals surface area contributed by atoms with E-state index in [9.17, 15) is 31.8 Å². The van der Waals surface area contributed by atoms with Crippen molar-refractivity contribution in [2.24, 2.45) is 0 Å². The molecule has 14 heteroatoms. The smallest absolute Gasteiger partial charge is 0.416 e. The summed E-state index contributed by atoms with van der Waals surface area (Å²) >= 11 is 5.48. The van der Waals surface area contributed by atoms with E-state index in [2.05, 4.69) is 10.6 Å². The number of anilines is 1. The number of nitrogens with one attached hydrogen (secondary N) is 3. The van der Waals surface area contributed by atoms with E-state index in [1.807, 2.05) is 48.5 Å². The SMILES string of the molecule is COc1ccc([C@@H](c2ccccc2)C(NC(=S)Nc2cc(C(F)(F)F)cc(C(F)(F)F)c2)C(=N)Pc2ccccc2)c(OC)c1OC. The molecule has 0 fully saturated rings. The molecule has 6 nitrogen and oxygen atoms in total. The van der Waals surface area contributed by atoms with Crippen molar-refractivity contribution >= 4 is 42.4 Å². The number of thiocarbonyl (C=S) groups is 1. The van der Waals surface area contributed by atoms with E-state index in [4.69, 9.17) is 26.4 Å². The fraction of sp³-hybridized carbons (Fsp3) is 0.212. The van der Waals surface area contributed by atoms with E-state index in [0.29, 0.717) is 34.8 Å². The lowest BCUT2D eigenvalue weighted by Gasteiger charge is -2.32. The summed E-state index contributed by atoms with van der Waals surface area (Å²) in [6, 6.07) is 21.8. The zero-order chi connectivity index (χ0) is 34.4. The first-order valence-electron chi connectivity index (χ1n) is 13.9. The van der Waals surface area contributed by atoms with Gasteiger partial charge < -0.3 is 30.3 Å². The summed E-state index contributed by atoms with van der Waals surface area (Å²) in [7, 11) is 4.18. The molecule has 0 bridgehead atoms. The van der Waals surface area contributed by atoms with E-state index >= 15 is 0 Å². The van der Waals surface area contributed by atoms with Gasteiger partial charge in [0.25, 0.3) is 0 Å². The zero-order valence-corrected chi connectivity index (χ0v) is 27.0. The van der Waals surface area contributed by atoms with Crippen molar-refractivity contribution in [1.29, 1.82) is 5.41 Å². The van der Waals surface area contributed by atoms with Crippen molar-refractivity contribution in [3.63, 3.8) is 0 Å². The molecule has 0 aliphatic carbocycles. The molecule has 248 valence electrons. The van der Waals surface area contributed by atoms with Crippen LogP contribution < -0.4 is 30.1 Å². The Morgan fingerprint density at radius 1 is 0.745 bits per heavy atom. The maximum atomic E-state index is 13.6. The third kappa shape index (κ3) is 8.72. The number of halogens is 6. The average molecular weight is 694 g/mol. The fourth-order valence-electron chi connectivity index (χ4n) is 4.99. The van der Waals surface area contributed by atoms with Crippen LogP contribution in [-0.4, -0.2) is 37.9 Å². The molecule has 0 aliphatic heterocycles. The van der Waals surface area contributed by atoms with Gasteiger partial charge in [-0.05, 0) is 55.9 Å². The normalized spacial score (nSPS) is 13.1. The highest BCUT2D eigenvalue weighted by atomic mass is 32.1. The van der Waals surface area contributed by atoms with Crippen LogP contribution in [0.2, 0.25) is 0 Å². The van der Waals surface area contributed by atoms with Crippen LogP contribution in [0, 0.1) is 5.41 Å². The highest BCUT2D eigenvalue weighted by molar-refractivity contribution is 7.80. The molecular formula is C33H30F6N3O3PS. The number of ether oxygens (including phenoxy) is 3. The summed E-state index contributed by atoms with van der Waals surface area (Å²) in [6.07, 6.45) is -10.1. The summed E-state index contributed by atoms with van der Waals surface area (Å²) in [5.74, 6) is 0.248. The van der Waals surface area contributed by atoms with Crippen molar-refractivity contribution in [3.8, 4) is 17.2 Å². The van der Waals surface area contributed by atoms with E-state index in [1.54, 1.807) is 24.3 Å². The van der Waals surface area contributed by atoms with Gasteiger partial charge in [-0.2, -0.15) is 26.3 Å². The molecule has 2 unspecified atom stereocenters. The third-order valence-corrected chi connectivity index (χ3v) is 8.48. The average Bonchev–Trinajstić information content (AvgIpc) is 3.04. The first-order valence-corrected chi connectivity index (χ1v) is 15.3. The molecular weight excluding hydrogens is 663 g/mol. The number of hydrogen-bond donors (Lipinski definition) is 3. The first-order chi connectivity index (χ1) is 22.3. The monoisotopic (exact) mass is 693 g/mol. The molecule has 3 N–H and O–H groups in total. The molecule has 0 saturated heterocycles. The van der Waals surface area contributed by atoms with Gasteiger partial charge in [0, 0.05) is 17.2 Å². The number of hydrogen-bond acceptors (Lipinski definition) is 5. The Bertz CT molecular complexity index is 1670. The summed E-state index contributed by atoms with van der Waals surface area (Å²) in [6.45, 7) is 0. The maximum absolute atomic E-state index is 13.6. The first kappa shape index (κ1) is 35.5. The molecule has 47 heavy (non-hydrogen) atoms. The van der Waals surface area contributed by atoms with Crippen molar-refractivity contribution < 1.29 is 40.6 Å². The summed E-state index contributed by atoms with van der Waals surface area (Å²) in [5, 5.41) is 15.3. The second-order valence-electron chi connectivity index (χ2n) is 10.1. The van der Waals surface area contributed by atoms with Crippen molar-refractivity contribution in [2.75, 3.05) is 26.6 Å². The van der Waals surface area contributed by atoms with Crippen LogP contribution in [-0.2, 0) is 12.4 Å². The van der Waals surface area contributed by atoms with Crippen LogP contribution in [0.4, 0.5) is 32.0 Å². The maximum Gasteiger partial charge on any atom is 0.416 e. The molecule has 0 saturated carbocycles. The van der Waals surface area contributed by atoms with Crippen molar-refractivity contribution in [2.45, 2.75) is 24.3 Å². The minimum Gasteiger partial charge on any atom is -0.493 e. The van der Waals surface area contributed by atoms with Crippen LogP contribution in [0.25, 0.3) is 0 Å². The highest BCUT2D eigenvalue weighted by Gasteiger charge is 2.38. The quantitative estimate of drug-likeness (QED) is 0.0637. The Hall–Kier alpha value is -4.35. The molecule has 0 amide bonds. The van der Waals surface area contributed by atoms with Gasteiger partial charge in [-0.1, -0.05) is 66.7 Å². The minimum atomic E-state index is -5.05. The Kier molecular flexibility index (Phi) is 11.4. The van der Waals surface area contributed by atoms with E-state index < -0.39 is 41.1 Å². The van der Waals surface area contributed by atoms with Crippen molar-refractivity contribution in [3.05, 3.63) is 113 Å². The number of rotatable bonds is 11. The number of methoxy groups -OCH3 is 3.